The fourth-order valence-electron chi connectivity index (χ4n) is 2.68. The van der Waals surface area contributed by atoms with E-state index in [1.165, 1.54) is 0 Å². The van der Waals surface area contributed by atoms with E-state index in [1.54, 1.807) is 14.0 Å². The Labute approximate surface area is 168 Å². The van der Waals surface area contributed by atoms with Crippen molar-refractivity contribution in [1.82, 2.24) is 10.3 Å². The summed E-state index contributed by atoms with van der Waals surface area (Å²) in [6.07, 6.45) is 0.659. The summed E-state index contributed by atoms with van der Waals surface area (Å²) in [5.74, 6) is 0.381. The fraction of sp³-hybridized carbons (Fsp3) is 0.227. The molecule has 1 heterocycles. The molecule has 3 aromatic rings. The molecule has 1 amide bonds. The lowest BCUT2D eigenvalue weighted by molar-refractivity contribution is -0.124. The Balaban J connectivity index is 1.46. The maximum absolute atomic E-state index is 12.2. The molecule has 0 fully saturated rings. The van der Waals surface area contributed by atoms with Crippen LogP contribution >= 0.6 is 0 Å². The summed E-state index contributed by atoms with van der Waals surface area (Å²) in [7, 11) is 1.61. The van der Waals surface area contributed by atoms with E-state index in [-0.39, 0.29) is 18.2 Å². The highest BCUT2D eigenvalue weighted by molar-refractivity contribution is 5.90. The number of carbonyl (C=O) groups excluding carboxylic acids is 2. The monoisotopic (exact) mass is 394 g/mol. The standard InChI is InChI=1S/C22H22N2O5/c1-15-20(24-21(29-15)17-6-4-3-5-7-17)22(26)28-14-19(25)23-13-12-16-8-10-18(27-2)11-9-16/h3-11H,12-14H2,1-2H3,(H,23,25). The molecule has 0 aliphatic heterocycles. The van der Waals surface area contributed by atoms with Gasteiger partial charge in [-0.2, -0.15) is 0 Å². The lowest BCUT2D eigenvalue weighted by Gasteiger charge is -2.07. The van der Waals surface area contributed by atoms with E-state index in [0.717, 1.165) is 16.9 Å². The predicted octanol–water partition coefficient (Wildman–Crippen LogP) is 3.17. The van der Waals surface area contributed by atoms with Gasteiger partial charge in [-0.05, 0) is 43.2 Å². The van der Waals surface area contributed by atoms with Crippen LogP contribution in [0.25, 0.3) is 11.5 Å². The first kappa shape index (κ1) is 20.1. The number of ether oxygens (including phenoxy) is 2. The number of amides is 1. The van der Waals surface area contributed by atoms with Gasteiger partial charge in [-0.3, -0.25) is 4.79 Å². The normalized spacial score (nSPS) is 10.4. The Morgan fingerprint density at radius 3 is 2.48 bits per heavy atom. The van der Waals surface area contributed by atoms with E-state index in [1.807, 2.05) is 54.6 Å². The molecular weight excluding hydrogens is 372 g/mol. The van der Waals surface area contributed by atoms with Gasteiger partial charge >= 0.3 is 5.97 Å². The van der Waals surface area contributed by atoms with Crippen molar-refractivity contribution in [1.29, 1.82) is 0 Å². The van der Waals surface area contributed by atoms with Crippen molar-refractivity contribution in [3.63, 3.8) is 0 Å². The van der Waals surface area contributed by atoms with Gasteiger partial charge in [0.25, 0.3) is 5.91 Å². The zero-order valence-electron chi connectivity index (χ0n) is 16.3. The molecule has 1 N–H and O–H groups in total. The van der Waals surface area contributed by atoms with Crippen LogP contribution in [0.1, 0.15) is 21.8 Å². The number of aryl methyl sites for hydroxylation is 1. The van der Waals surface area contributed by atoms with Gasteiger partial charge in [0.05, 0.1) is 7.11 Å². The molecule has 150 valence electrons. The first-order chi connectivity index (χ1) is 14.1. The minimum Gasteiger partial charge on any atom is -0.497 e. The summed E-state index contributed by atoms with van der Waals surface area (Å²) >= 11 is 0. The van der Waals surface area contributed by atoms with E-state index in [9.17, 15) is 9.59 Å². The fourth-order valence-corrected chi connectivity index (χ4v) is 2.68. The Hall–Kier alpha value is -3.61. The van der Waals surface area contributed by atoms with Gasteiger partial charge < -0.3 is 19.2 Å². The molecule has 0 aliphatic carbocycles. The number of rotatable bonds is 8. The van der Waals surface area contributed by atoms with Crippen molar-refractivity contribution in [2.75, 3.05) is 20.3 Å². The number of hydrogen-bond acceptors (Lipinski definition) is 6. The number of aromatic nitrogens is 1. The largest absolute Gasteiger partial charge is 0.497 e. The topological polar surface area (TPSA) is 90.7 Å². The molecule has 3 rings (SSSR count). The lowest BCUT2D eigenvalue weighted by atomic mass is 10.1. The van der Waals surface area contributed by atoms with E-state index < -0.39 is 5.97 Å². The van der Waals surface area contributed by atoms with Crippen molar-refractivity contribution in [3.8, 4) is 17.2 Å². The van der Waals surface area contributed by atoms with Crippen LogP contribution in [0.5, 0.6) is 5.75 Å². The van der Waals surface area contributed by atoms with Crippen LogP contribution in [0.15, 0.2) is 59.0 Å². The van der Waals surface area contributed by atoms with Crippen molar-refractivity contribution in [3.05, 3.63) is 71.6 Å². The van der Waals surface area contributed by atoms with Gasteiger partial charge in [-0.25, -0.2) is 9.78 Å². The minimum absolute atomic E-state index is 0.0647. The Kier molecular flexibility index (Phi) is 6.63. The first-order valence-corrected chi connectivity index (χ1v) is 9.16. The number of nitrogens with zero attached hydrogens (tertiary/aromatic N) is 1. The van der Waals surface area contributed by atoms with Crippen LogP contribution in [0.2, 0.25) is 0 Å². The van der Waals surface area contributed by atoms with Gasteiger partial charge in [-0.1, -0.05) is 30.3 Å². The molecule has 0 bridgehead atoms. The van der Waals surface area contributed by atoms with Gasteiger partial charge in [0.1, 0.15) is 11.5 Å². The van der Waals surface area contributed by atoms with Crippen LogP contribution in [-0.4, -0.2) is 37.1 Å². The summed E-state index contributed by atoms with van der Waals surface area (Å²) in [4.78, 5) is 28.4. The molecule has 0 atom stereocenters. The molecule has 1 aromatic heterocycles. The molecular formula is C22H22N2O5. The number of hydrogen-bond donors (Lipinski definition) is 1. The summed E-state index contributed by atoms with van der Waals surface area (Å²) in [5, 5.41) is 2.72. The molecule has 0 saturated heterocycles. The Morgan fingerprint density at radius 2 is 1.79 bits per heavy atom. The predicted molar refractivity (Wildman–Crippen MR) is 107 cm³/mol. The molecule has 0 radical (unpaired) electrons. The van der Waals surface area contributed by atoms with E-state index >= 15 is 0 Å². The number of oxazole rings is 1. The highest BCUT2D eigenvalue weighted by Crippen LogP contribution is 2.21. The number of benzene rings is 2. The zero-order chi connectivity index (χ0) is 20.6. The molecule has 0 unspecified atom stereocenters. The second kappa shape index (κ2) is 9.54. The Morgan fingerprint density at radius 1 is 1.07 bits per heavy atom. The summed E-state index contributed by atoms with van der Waals surface area (Å²) in [6, 6.07) is 16.8. The van der Waals surface area contributed by atoms with Crippen LogP contribution in [0.4, 0.5) is 0 Å². The summed E-state index contributed by atoms with van der Waals surface area (Å²) < 4.78 is 15.7. The molecule has 7 heteroatoms. The number of nitrogens with one attached hydrogen (secondary N) is 1. The van der Waals surface area contributed by atoms with Crippen LogP contribution in [-0.2, 0) is 16.0 Å². The quantitative estimate of drug-likeness (QED) is 0.590. The minimum atomic E-state index is -0.696. The van der Waals surface area contributed by atoms with Crippen LogP contribution < -0.4 is 10.1 Å². The summed E-state index contributed by atoms with van der Waals surface area (Å²) in [6.45, 7) is 1.68. The van der Waals surface area contributed by atoms with Gasteiger partial charge in [0.2, 0.25) is 5.89 Å². The maximum Gasteiger partial charge on any atom is 0.361 e. The SMILES string of the molecule is COc1ccc(CCNC(=O)COC(=O)c2nc(-c3ccccc3)oc2C)cc1. The third-order valence-corrected chi connectivity index (χ3v) is 4.24. The molecule has 0 saturated carbocycles. The highest BCUT2D eigenvalue weighted by Gasteiger charge is 2.20. The van der Waals surface area contributed by atoms with Crippen molar-refractivity contribution < 1.29 is 23.5 Å². The molecule has 7 nitrogen and oxygen atoms in total. The highest BCUT2D eigenvalue weighted by atomic mass is 16.5. The second-order valence-electron chi connectivity index (χ2n) is 6.31. The van der Waals surface area contributed by atoms with Gasteiger partial charge in [-0.15, -0.1) is 0 Å². The van der Waals surface area contributed by atoms with Gasteiger partial charge in [0, 0.05) is 12.1 Å². The van der Waals surface area contributed by atoms with Crippen LogP contribution in [0.3, 0.4) is 0 Å². The second-order valence-corrected chi connectivity index (χ2v) is 6.31. The number of esters is 1. The maximum atomic E-state index is 12.2. The number of carbonyl (C=O) groups is 2. The summed E-state index contributed by atoms with van der Waals surface area (Å²) in [5.41, 5.74) is 1.88. The van der Waals surface area contributed by atoms with Gasteiger partial charge in [0.15, 0.2) is 12.3 Å². The third kappa shape index (κ3) is 5.44. The van der Waals surface area contributed by atoms with E-state index in [2.05, 4.69) is 10.3 Å². The Bertz CT molecular complexity index is 965. The van der Waals surface area contributed by atoms with Crippen molar-refractivity contribution >= 4 is 11.9 Å². The number of methoxy groups -OCH3 is 1. The molecule has 0 aliphatic rings. The van der Waals surface area contributed by atoms with Crippen molar-refractivity contribution in [2.24, 2.45) is 0 Å². The molecule has 0 spiro atoms. The molecule has 2 aromatic carbocycles. The first-order valence-electron chi connectivity index (χ1n) is 9.16. The van der Waals surface area contributed by atoms with E-state index in [0.29, 0.717) is 24.6 Å². The van der Waals surface area contributed by atoms with E-state index in [4.69, 9.17) is 13.9 Å². The lowest BCUT2D eigenvalue weighted by Crippen LogP contribution is -2.30. The molecule has 29 heavy (non-hydrogen) atoms. The average molecular weight is 394 g/mol. The third-order valence-electron chi connectivity index (χ3n) is 4.24. The van der Waals surface area contributed by atoms with Crippen molar-refractivity contribution in [2.45, 2.75) is 13.3 Å². The smallest absolute Gasteiger partial charge is 0.361 e. The van der Waals surface area contributed by atoms with Crippen LogP contribution in [0, 0.1) is 6.92 Å². The average Bonchev–Trinajstić information content (AvgIpc) is 3.15. The zero-order valence-corrected chi connectivity index (χ0v) is 16.3.